The Kier molecular flexibility index (Phi) is 9.12. The predicted molar refractivity (Wildman–Crippen MR) is 178 cm³/mol. The Hall–Kier alpha value is -3.38. The topological polar surface area (TPSA) is 164 Å². The fourth-order valence-corrected chi connectivity index (χ4v) is 8.89. The third-order valence-corrected chi connectivity index (χ3v) is 12.0. The predicted octanol–water partition coefficient (Wildman–Crippen LogP) is 2.65. The van der Waals surface area contributed by atoms with Crippen LogP contribution in [0.1, 0.15) is 74.2 Å². The van der Waals surface area contributed by atoms with Crippen molar-refractivity contribution in [3.63, 3.8) is 0 Å². The lowest BCUT2D eigenvalue weighted by Crippen LogP contribution is -2.29. The van der Waals surface area contributed by atoms with Crippen LogP contribution in [0.25, 0.3) is 18.2 Å². The van der Waals surface area contributed by atoms with E-state index in [-0.39, 0.29) is 65.4 Å². The van der Waals surface area contributed by atoms with E-state index >= 15 is 0 Å². The molecule has 242 valence electrons. The number of H-pyrrole nitrogens is 2. The van der Waals surface area contributed by atoms with Gasteiger partial charge in [0.05, 0.1) is 6.04 Å². The number of thioether (sulfide) groups is 1. The molecule has 6 N–H and O–H groups in total. The SMILES string of the molecule is Cc1c(/C=C2\NC(=O)[C@H](C)[C@H]2[C@H](C)S)[nH]c(/C=c2\[nH]/c(=C/[C@H]3NC(=O)[C@]4(SC4C)C3C)c(C)c2CCC(=O)O)c1CCC(=O)O. The number of aromatic amines is 2. The van der Waals surface area contributed by atoms with E-state index in [1.165, 1.54) is 0 Å². The molecule has 3 aliphatic heterocycles. The summed E-state index contributed by atoms with van der Waals surface area (Å²) in [6, 6.07) is -0.171. The van der Waals surface area contributed by atoms with E-state index in [4.69, 9.17) is 0 Å². The number of aromatic nitrogens is 2. The van der Waals surface area contributed by atoms with E-state index in [0.717, 1.165) is 44.3 Å². The summed E-state index contributed by atoms with van der Waals surface area (Å²) >= 11 is 6.32. The Labute approximate surface area is 272 Å². The highest BCUT2D eigenvalue weighted by molar-refractivity contribution is 8.09. The van der Waals surface area contributed by atoms with Crippen molar-refractivity contribution in [2.75, 3.05) is 0 Å². The van der Waals surface area contributed by atoms with Crippen molar-refractivity contribution >= 4 is 66.4 Å². The van der Waals surface area contributed by atoms with Gasteiger partial charge in [-0.1, -0.05) is 27.7 Å². The van der Waals surface area contributed by atoms with Crippen molar-refractivity contribution in [3.05, 3.63) is 50.0 Å². The first-order chi connectivity index (χ1) is 21.1. The van der Waals surface area contributed by atoms with Gasteiger partial charge in [-0.15, -0.1) is 11.8 Å². The number of thiol groups is 1. The summed E-state index contributed by atoms with van der Waals surface area (Å²) in [6.07, 6.45) is 6.33. The van der Waals surface area contributed by atoms with E-state index in [9.17, 15) is 29.4 Å². The van der Waals surface area contributed by atoms with Crippen LogP contribution in [-0.4, -0.2) is 65.2 Å². The molecule has 45 heavy (non-hydrogen) atoms. The Balaban J connectivity index is 1.62. The lowest BCUT2D eigenvalue weighted by molar-refractivity contribution is -0.138. The number of aliphatic carboxylic acids is 2. The number of carbonyl (C=O) groups is 4. The van der Waals surface area contributed by atoms with Gasteiger partial charge >= 0.3 is 11.9 Å². The van der Waals surface area contributed by atoms with Crippen LogP contribution in [0.2, 0.25) is 0 Å². The van der Waals surface area contributed by atoms with Crippen LogP contribution in [0, 0.1) is 31.6 Å². The number of allylic oxidation sites excluding steroid dienone is 1. The van der Waals surface area contributed by atoms with Crippen LogP contribution in [-0.2, 0) is 32.0 Å². The van der Waals surface area contributed by atoms with E-state index in [0.29, 0.717) is 12.1 Å². The minimum Gasteiger partial charge on any atom is -0.481 e. The number of hydrogen-bond acceptors (Lipinski definition) is 6. The molecule has 2 unspecified atom stereocenters. The number of nitrogens with one attached hydrogen (secondary N) is 4. The van der Waals surface area contributed by atoms with Gasteiger partial charge in [-0.25, -0.2) is 0 Å². The molecule has 0 aliphatic carbocycles. The molecule has 2 amide bonds. The van der Waals surface area contributed by atoms with Crippen molar-refractivity contribution in [2.45, 2.75) is 88.5 Å². The van der Waals surface area contributed by atoms with E-state index in [2.05, 4.69) is 47.1 Å². The van der Waals surface area contributed by atoms with Crippen LogP contribution in [0.3, 0.4) is 0 Å². The summed E-state index contributed by atoms with van der Waals surface area (Å²) < 4.78 is -0.394. The number of amides is 2. The Morgan fingerprint density at radius 2 is 1.58 bits per heavy atom. The van der Waals surface area contributed by atoms with E-state index in [1.54, 1.807) is 11.8 Å². The van der Waals surface area contributed by atoms with E-state index < -0.39 is 16.7 Å². The van der Waals surface area contributed by atoms with Gasteiger partial charge in [0.2, 0.25) is 11.8 Å². The second-order valence-corrected chi connectivity index (χ2v) is 15.1. The molecule has 3 fully saturated rings. The Morgan fingerprint density at radius 3 is 2.13 bits per heavy atom. The molecule has 3 aliphatic rings. The van der Waals surface area contributed by atoms with Crippen molar-refractivity contribution in [3.8, 4) is 0 Å². The molecule has 2 aromatic heterocycles. The first kappa shape index (κ1) is 33.0. The van der Waals surface area contributed by atoms with Gasteiger partial charge in [0.1, 0.15) is 4.75 Å². The smallest absolute Gasteiger partial charge is 0.303 e. The van der Waals surface area contributed by atoms with Gasteiger partial charge in [-0.3, -0.25) is 19.2 Å². The Bertz CT molecular complexity index is 1720. The average Bonchev–Trinajstić information content (AvgIpc) is 3.13. The first-order valence-electron chi connectivity index (χ1n) is 15.4. The van der Waals surface area contributed by atoms with Crippen molar-refractivity contribution in [2.24, 2.45) is 17.8 Å². The van der Waals surface area contributed by atoms with Crippen LogP contribution in [0.4, 0.5) is 0 Å². The monoisotopic (exact) mass is 654 g/mol. The second kappa shape index (κ2) is 12.4. The first-order valence-corrected chi connectivity index (χ1v) is 16.8. The summed E-state index contributed by atoms with van der Waals surface area (Å²) in [5.74, 6) is -2.05. The fourth-order valence-electron chi connectivity index (χ4n) is 7.11. The summed E-state index contributed by atoms with van der Waals surface area (Å²) in [5, 5.41) is 26.9. The van der Waals surface area contributed by atoms with Crippen LogP contribution in [0.5, 0.6) is 0 Å². The molecule has 0 radical (unpaired) electrons. The highest BCUT2D eigenvalue weighted by Gasteiger charge is 2.67. The summed E-state index contributed by atoms with van der Waals surface area (Å²) in [7, 11) is 0. The highest BCUT2D eigenvalue weighted by Crippen LogP contribution is 2.61. The molecule has 0 saturated carbocycles. The Morgan fingerprint density at radius 1 is 0.956 bits per heavy atom. The molecule has 0 aromatic carbocycles. The van der Waals surface area contributed by atoms with Crippen molar-refractivity contribution in [1.82, 2.24) is 20.6 Å². The summed E-state index contributed by atoms with van der Waals surface area (Å²) in [5.41, 5.74) is 5.70. The molecule has 2 aromatic rings. The lowest BCUT2D eigenvalue weighted by atomic mass is 9.89. The maximum Gasteiger partial charge on any atom is 0.303 e. The summed E-state index contributed by atoms with van der Waals surface area (Å²) in [6.45, 7) is 11.9. The molecule has 12 heteroatoms. The normalized spacial score (nSPS) is 29.9. The third-order valence-electron chi connectivity index (χ3n) is 9.90. The second-order valence-electron chi connectivity index (χ2n) is 12.7. The van der Waals surface area contributed by atoms with Crippen LogP contribution >= 0.6 is 24.4 Å². The lowest BCUT2D eigenvalue weighted by Gasteiger charge is -2.17. The van der Waals surface area contributed by atoms with Crippen molar-refractivity contribution in [1.29, 1.82) is 0 Å². The molecule has 0 bridgehead atoms. The zero-order valence-corrected chi connectivity index (χ0v) is 28.1. The maximum absolute atomic E-state index is 12.8. The fraction of sp³-hybridized carbons (Fsp3) is 0.515. The number of hydrogen-bond donors (Lipinski definition) is 7. The quantitative estimate of drug-likeness (QED) is 0.153. The zero-order chi connectivity index (χ0) is 33.0. The van der Waals surface area contributed by atoms with Crippen molar-refractivity contribution < 1.29 is 29.4 Å². The molecule has 7 atom stereocenters. The van der Waals surface area contributed by atoms with Gasteiger partial charge < -0.3 is 30.8 Å². The van der Waals surface area contributed by atoms with Gasteiger partial charge in [0.15, 0.2) is 0 Å². The average molecular weight is 655 g/mol. The standard InChI is InChI=1S/C33H42N4O6S2/c1-14-20(7-9-28(38)39)25(34-22(14)11-24-17(4)33(19(6)45-33)32(43)37-24)13-26-21(8-10-29(40)41)15(2)23(35-26)12-27-30(18(5)44)16(3)31(42)36-27/h11-13,16-19,24,30,34-35,44H,7-10H2,1-6H3,(H,36,42)(H,37,43)(H,38,39)(H,40,41)/b22-11+,25-13-,27-12-/t16-,17?,18+,19?,24-,30+,33+/m1/s1. The number of carbonyl (C=O) groups excluding carboxylic acids is 2. The highest BCUT2D eigenvalue weighted by atomic mass is 32.2. The van der Waals surface area contributed by atoms with Gasteiger partial charge in [-0.2, -0.15) is 12.6 Å². The molecule has 5 rings (SSSR count). The van der Waals surface area contributed by atoms with Gasteiger partial charge in [-0.05, 0) is 67.2 Å². The van der Waals surface area contributed by atoms with Gasteiger partial charge in [0.25, 0.3) is 0 Å². The maximum atomic E-state index is 12.8. The summed E-state index contributed by atoms with van der Waals surface area (Å²) in [4.78, 5) is 55.5. The molecule has 3 saturated heterocycles. The minimum absolute atomic E-state index is 0.0546. The van der Waals surface area contributed by atoms with E-state index in [1.807, 2.05) is 45.9 Å². The molecular formula is C33H42N4O6S2. The molecule has 5 heterocycles. The van der Waals surface area contributed by atoms with Gasteiger partial charge in [0, 0.05) is 68.9 Å². The number of carboxylic acid groups (broad SMARTS) is 2. The zero-order valence-electron chi connectivity index (χ0n) is 26.4. The van der Waals surface area contributed by atoms with Crippen LogP contribution < -0.4 is 21.3 Å². The van der Waals surface area contributed by atoms with Crippen LogP contribution in [0.15, 0.2) is 5.70 Å². The third kappa shape index (κ3) is 6.10. The minimum atomic E-state index is -0.911. The number of carboxylic acids is 2. The molecule has 1 spiro atoms. The molecule has 10 nitrogen and oxygen atoms in total. The molecular weight excluding hydrogens is 613 g/mol. The number of rotatable bonds is 10. The largest absolute Gasteiger partial charge is 0.481 e.